The first kappa shape index (κ1) is 19.5. The van der Waals surface area contributed by atoms with Crippen molar-refractivity contribution in [3.63, 3.8) is 0 Å². The Hall–Kier alpha value is -2.80. The number of imidazole rings is 1. The van der Waals surface area contributed by atoms with E-state index in [2.05, 4.69) is 41.1 Å². The van der Waals surface area contributed by atoms with Crippen LogP contribution >= 0.6 is 11.6 Å². The maximum absolute atomic E-state index is 6.28. The zero-order chi connectivity index (χ0) is 20.1. The number of fused-ring (bicyclic) bond motifs is 1. The summed E-state index contributed by atoms with van der Waals surface area (Å²) in [5.74, 6) is 1.69. The number of rotatable bonds is 6. The minimum atomic E-state index is 0.317. The molecule has 1 saturated heterocycles. The van der Waals surface area contributed by atoms with Crippen molar-refractivity contribution in [2.45, 2.75) is 25.4 Å². The molecule has 1 atom stereocenters. The molecule has 0 bridgehead atoms. The molecule has 29 heavy (non-hydrogen) atoms. The summed E-state index contributed by atoms with van der Waals surface area (Å²) in [6, 6.07) is 12.3. The summed E-state index contributed by atoms with van der Waals surface area (Å²) in [5, 5.41) is 7.63. The van der Waals surface area contributed by atoms with Crippen LogP contribution in [0.3, 0.4) is 0 Å². The summed E-state index contributed by atoms with van der Waals surface area (Å²) in [5.41, 5.74) is 2.21. The van der Waals surface area contributed by atoms with Gasteiger partial charge in [0, 0.05) is 45.5 Å². The van der Waals surface area contributed by atoms with E-state index in [0.29, 0.717) is 11.1 Å². The van der Waals surface area contributed by atoms with E-state index in [1.54, 1.807) is 13.2 Å². The van der Waals surface area contributed by atoms with Gasteiger partial charge < -0.3 is 20.1 Å². The summed E-state index contributed by atoms with van der Waals surface area (Å²) in [4.78, 5) is 15.4. The zero-order valence-electron chi connectivity index (χ0n) is 16.6. The van der Waals surface area contributed by atoms with Gasteiger partial charge in [-0.25, -0.2) is 9.97 Å². The third-order valence-corrected chi connectivity index (χ3v) is 5.48. The van der Waals surface area contributed by atoms with E-state index in [1.807, 2.05) is 36.7 Å². The molecule has 0 amide bonds. The number of pyridine rings is 1. The van der Waals surface area contributed by atoms with Crippen LogP contribution in [0.1, 0.15) is 12.8 Å². The van der Waals surface area contributed by atoms with Crippen molar-refractivity contribution >= 4 is 34.4 Å². The van der Waals surface area contributed by atoms with Crippen molar-refractivity contribution in [2.24, 2.45) is 4.99 Å². The van der Waals surface area contributed by atoms with Crippen LogP contribution in [-0.2, 0) is 6.54 Å². The molecule has 1 unspecified atom stereocenters. The SMILES string of the molecule is CN=C(NCCCn1cnc2ccccc21)NC1CCN(c2ncccc2Cl)C1. The van der Waals surface area contributed by atoms with Crippen molar-refractivity contribution in [1.82, 2.24) is 25.2 Å². The Morgan fingerprint density at radius 3 is 3.00 bits per heavy atom. The van der Waals surface area contributed by atoms with Crippen molar-refractivity contribution in [3.8, 4) is 0 Å². The molecule has 1 aromatic carbocycles. The van der Waals surface area contributed by atoms with Gasteiger partial charge in [-0.1, -0.05) is 23.7 Å². The second kappa shape index (κ2) is 9.13. The molecule has 152 valence electrons. The second-order valence-electron chi connectivity index (χ2n) is 7.16. The molecule has 1 aliphatic heterocycles. The number of hydrogen-bond donors (Lipinski definition) is 2. The molecule has 0 radical (unpaired) electrons. The number of guanidine groups is 1. The van der Waals surface area contributed by atoms with Gasteiger partial charge in [0.2, 0.25) is 0 Å². The van der Waals surface area contributed by atoms with Gasteiger partial charge in [0.05, 0.1) is 22.4 Å². The van der Waals surface area contributed by atoms with Crippen molar-refractivity contribution in [3.05, 3.63) is 53.9 Å². The lowest BCUT2D eigenvalue weighted by atomic mass is 10.3. The number of aryl methyl sites for hydroxylation is 1. The normalized spacial score (nSPS) is 17.1. The fourth-order valence-corrected chi connectivity index (χ4v) is 3.95. The van der Waals surface area contributed by atoms with Gasteiger partial charge in [-0.2, -0.15) is 0 Å². The summed E-state index contributed by atoms with van der Waals surface area (Å²) < 4.78 is 2.19. The second-order valence-corrected chi connectivity index (χ2v) is 7.57. The minimum Gasteiger partial charge on any atom is -0.356 e. The van der Waals surface area contributed by atoms with E-state index in [-0.39, 0.29) is 0 Å². The number of nitrogens with one attached hydrogen (secondary N) is 2. The highest BCUT2D eigenvalue weighted by Crippen LogP contribution is 2.25. The van der Waals surface area contributed by atoms with E-state index in [4.69, 9.17) is 11.6 Å². The number of hydrogen-bond acceptors (Lipinski definition) is 4. The number of aromatic nitrogens is 3. The summed E-state index contributed by atoms with van der Waals surface area (Å²) in [6.07, 6.45) is 5.70. The van der Waals surface area contributed by atoms with Gasteiger partial charge in [0.15, 0.2) is 5.96 Å². The fraction of sp³-hybridized carbons (Fsp3) is 0.381. The molecule has 3 heterocycles. The quantitative estimate of drug-likeness (QED) is 0.371. The molecule has 2 N–H and O–H groups in total. The van der Waals surface area contributed by atoms with Crippen LogP contribution in [0.5, 0.6) is 0 Å². The lowest BCUT2D eigenvalue weighted by Crippen LogP contribution is -2.45. The van der Waals surface area contributed by atoms with Crippen LogP contribution in [-0.4, -0.2) is 53.2 Å². The van der Waals surface area contributed by atoms with Crippen LogP contribution in [0.4, 0.5) is 5.82 Å². The fourth-order valence-electron chi connectivity index (χ4n) is 3.71. The Morgan fingerprint density at radius 2 is 2.14 bits per heavy atom. The van der Waals surface area contributed by atoms with E-state index in [9.17, 15) is 0 Å². The number of anilines is 1. The van der Waals surface area contributed by atoms with Crippen LogP contribution in [0.15, 0.2) is 53.9 Å². The predicted octanol–water partition coefficient (Wildman–Crippen LogP) is 2.92. The van der Waals surface area contributed by atoms with Crippen molar-refractivity contribution in [1.29, 1.82) is 0 Å². The molecule has 0 aliphatic carbocycles. The molecule has 8 heteroatoms. The highest BCUT2D eigenvalue weighted by atomic mass is 35.5. The molecule has 2 aromatic heterocycles. The average molecular weight is 412 g/mol. The van der Waals surface area contributed by atoms with Crippen LogP contribution in [0, 0.1) is 0 Å². The number of benzene rings is 1. The molecular weight excluding hydrogens is 386 g/mol. The first-order valence-electron chi connectivity index (χ1n) is 9.97. The lowest BCUT2D eigenvalue weighted by molar-refractivity contribution is 0.616. The van der Waals surface area contributed by atoms with Gasteiger partial charge in [-0.3, -0.25) is 4.99 Å². The third kappa shape index (κ3) is 4.62. The molecule has 0 spiro atoms. The van der Waals surface area contributed by atoms with Crippen LogP contribution in [0.2, 0.25) is 5.02 Å². The largest absolute Gasteiger partial charge is 0.356 e. The summed E-state index contributed by atoms with van der Waals surface area (Å²) in [7, 11) is 1.81. The average Bonchev–Trinajstić information content (AvgIpc) is 3.38. The Labute approximate surface area is 175 Å². The molecule has 7 nitrogen and oxygen atoms in total. The number of halogens is 1. The van der Waals surface area contributed by atoms with Gasteiger partial charge in [-0.15, -0.1) is 0 Å². The smallest absolute Gasteiger partial charge is 0.191 e. The maximum atomic E-state index is 6.28. The Balaban J connectivity index is 1.23. The lowest BCUT2D eigenvalue weighted by Gasteiger charge is -2.20. The number of aliphatic imine (C=N–C) groups is 1. The number of para-hydroxylation sites is 2. The van der Waals surface area contributed by atoms with E-state index >= 15 is 0 Å². The molecular formula is C21H26ClN7. The minimum absolute atomic E-state index is 0.317. The topological polar surface area (TPSA) is 70.4 Å². The summed E-state index contributed by atoms with van der Waals surface area (Å²) in [6.45, 7) is 3.55. The Kier molecular flexibility index (Phi) is 6.14. The molecule has 4 rings (SSSR count). The van der Waals surface area contributed by atoms with Gasteiger partial charge in [0.1, 0.15) is 5.82 Å². The van der Waals surface area contributed by atoms with Crippen LogP contribution < -0.4 is 15.5 Å². The molecule has 1 aliphatic rings. The zero-order valence-corrected chi connectivity index (χ0v) is 17.3. The standard InChI is InChI=1S/C21H26ClN7/c1-23-21(25-11-5-12-29-15-26-18-7-2-3-8-19(18)29)27-16-9-13-28(14-16)20-17(22)6-4-10-24-20/h2-4,6-8,10,15-16H,5,9,11-14H2,1H3,(H2,23,25,27). The van der Waals surface area contributed by atoms with Gasteiger partial charge in [0.25, 0.3) is 0 Å². The van der Waals surface area contributed by atoms with E-state index in [0.717, 1.165) is 56.3 Å². The van der Waals surface area contributed by atoms with Crippen LogP contribution in [0.25, 0.3) is 11.0 Å². The number of nitrogens with zero attached hydrogens (tertiary/aromatic N) is 5. The molecule has 0 saturated carbocycles. The van der Waals surface area contributed by atoms with Crippen molar-refractivity contribution < 1.29 is 0 Å². The van der Waals surface area contributed by atoms with E-state index < -0.39 is 0 Å². The maximum Gasteiger partial charge on any atom is 0.191 e. The Morgan fingerprint density at radius 1 is 1.24 bits per heavy atom. The Bertz CT molecular complexity index is 984. The van der Waals surface area contributed by atoms with E-state index in [1.165, 1.54) is 5.52 Å². The highest BCUT2D eigenvalue weighted by Gasteiger charge is 2.25. The van der Waals surface area contributed by atoms with Crippen molar-refractivity contribution in [2.75, 3.05) is 31.6 Å². The van der Waals surface area contributed by atoms with Gasteiger partial charge >= 0.3 is 0 Å². The monoisotopic (exact) mass is 411 g/mol. The molecule has 1 fully saturated rings. The third-order valence-electron chi connectivity index (χ3n) is 5.19. The van der Waals surface area contributed by atoms with Gasteiger partial charge in [-0.05, 0) is 37.1 Å². The first-order valence-corrected chi connectivity index (χ1v) is 10.3. The molecule has 3 aromatic rings. The first-order chi connectivity index (χ1) is 14.2. The highest BCUT2D eigenvalue weighted by molar-refractivity contribution is 6.32. The predicted molar refractivity (Wildman–Crippen MR) is 119 cm³/mol. The summed E-state index contributed by atoms with van der Waals surface area (Å²) >= 11 is 6.28.